The van der Waals surface area contributed by atoms with Crippen molar-refractivity contribution in [3.05, 3.63) is 113 Å². The summed E-state index contributed by atoms with van der Waals surface area (Å²) in [6.07, 6.45) is 4.53. The van der Waals surface area contributed by atoms with Crippen LogP contribution >= 0.6 is 0 Å². The lowest BCUT2D eigenvalue weighted by molar-refractivity contribution is 1.06. The Kier molecular flexibility index (Phi) is 3.90. The second-order valence-corrected chi connectivity index (χ2v) is 7.49. The molecule has 27 heavy (non-hydrogen) atoms. The maximum Gasteiger partial charge on any atom is -0.00516 e. The molecule has 0 nitrogen and oxygen atoms in total. The maximum absolute atomic E-state index is 2.44. The summed E-state index contributed by atoms with van der Waals surface area (Å²) in [5.74, 6) is 0. The van der Waals surface area contributed by atoms with Crippen molar-refractivity contribution in [2.45, 2.75) is 19.8 Å². The van der Waals surface area contributed by atoms with E-state index in [1.54, 1.807) is 0 Å². The molecule has 0 aliphatic heterocycles. The minimum atomic E-state index is 1.03. The molecular formula is C27H22. The fraction of sp³-hybridized carbons (Fsp3) is 0.111. The number of hydrogen-bond acceptors (Lipinski definition) is 0. The second-order valence-electron chi connectivity index (χ2n) is 7.49. The number of allylic oxidation sites excluding steroid dienone is 1. The quantitative estimate of drug-likeness (QED) is 0.375. The zero-order valence-electron chi connectivity index (χ0n) is 15.6. The first kappa shape index (κ1) is 16.1. The minimum absolute atomic E-state index is 1.03. The summed E-state index contributed by atoms with van der Waals surface area (Å²) < 4.78 is 0. The van der Waals surface area contributed by atoms with Gasteiger partial charge in [0, 0.05) is 0 Å². The van der Waals surface area contributed by atoms with Crippen LogP contribution < -0.4 is 0 Å². The van der Waals surface area contributed by atoms with Crippen LogP contribution in [0.4, 0.5) is 0 Å². The number of benzene rings is 4. The molecule has 0 saturated heterocycles. The molecule has 0 radical (unpaired) electrons. The molecular weight excluding hydrogens is 324 g/mol. The van der Waals surface area contributed by atoms with Crippen LogP contribution in [-0.4, -0.2) is 0 Å². The van der Waals surface area contributed by atoms with Gasteiger partial charge in [0.25, 0.3) is 0 Å². The molecule has 0 aromatic heterocycles. The van der Waals surface area contributed by atoms with Crippen LogP contribution in [0.5, 0.6) is 0 Å². The number of aryl methyl sites for hydroxylation is 1. The summed E-state index contributed by atoms with van der Waals surface area (Å²) in [4.78, 5) is 0. The van der Waals surface area contributed by atoms with Gasteiger partial charge < -0.3 is 0 Å². The summed E-state index contributed by atoms with van der Waals surface area (Å²) in [5.41, 5.74) is 9.89. The van der Waals surface area contributed by atoms with Crippen LogP contribution in [0, 0.1) is 6.92 Å². The third-order valence-corrected chi connectivity index (χ3v) is 5.70. The number of rotatable bonds is 3. The average Bonchev–Trinajstić information content (AvgIpc) is 3.13. The Bertz CT molecular complexity index is 1160. The highest BCUT2D eigenvalue weighted by Gasteiger charge is 2.19. The highest BCUT2D eigenvalue weighted by molar-refractivity contribution is 5.99. The van der Waals surface area contributed by atoms with Crippen molar-refractivity contribution in [2.75, 3.05) is 0 Å². The van der Waals surface area contributed by atoms with Crippen molar-refractivity contribution >= 4 is 16.8 Å². The molecule has 0 saturated carbocycles. The van der Waals surface area contributed by atoms with E-state index in [0.29, 0.717) is 0 Å². The molecule has 0 amide bonds. The van der Waals surface area contributed by atoms with Gasteiger partial charge in [-0.25, -0.2) is 0 Å². The Morgan fingerprint density at radius 1 is 0.704 bits per heavy atom. The Morgan fingerprint density at radius 2 is 1.48 bits per heavy atom. The zero-order chi connectivity index (χ0) is 18.2. The van der Waals surface area contributed by atoms with E-state index < -0.39 is 0 Å². The van der Waals surface area contributed by atoms with Crippen molar-refractivity contribution in [3.63, 3.8) is 0 Å². The van der Waals surface area contributed by atoms with Crippen LogP contribution in [-0.2, 0) is 12.8 Å². The Hall–Kier alpha value is -3.12. The molecule has 1 aliphatic carbocycles. The van der Waals surface area contributed by atoms with E-state index in [0.717, 1.165) is 12.8 Å². The molecule has 5 rings (SSSR count). The summed E-state index contributed by atoms with van der Waals surface area (Å²) in [5, 5.41) is 2.63. The minimum Gasteiger partial charge on any atom is -0.0622 e. The smallest absolute Gasteiger partial charge is 0.00516 e. The lowest BCUT2D eigenvalue weighted by atomic mass is 9.91. The van der Waals surface area contributed by atoms with Gasteiger partial charge in [0.1, 0.15) is 0 Å². The molecule has 4 aromatic rings. The van der Waals surface area contributed by atoms with Gasteiger partial charge in [-0.3, -0.25) is 0 Å². The van der Waals surface area contributed by atoms with Gasteiger partial charge in [0.2, 0.25) is 0 Å². The topological polar surface area (TPSA) is 0 Å². The van der Waals surface area contributed by atoms with Crippen LogP contribution in [0.15, 0.2) is 90.5 Å². The van der Waals surface area contributed by atoms with E-state index in [9.17, 15) is 0 Å². The Labute approximate surface area is 160 Å². The molecule has 1 aliphatic rings. The lowest BCUT2D eigenvalue weighted by Gasteiger charge is -2.13. The molecule has 0 N–H and O–H groups in total. The van der Waals surface area contributed by atoms with E-state index >= 15 is 0 Å². The van der Waals surface area contributed by atoms with Crippen molar-refractivity contribution in [3.8, 4) is 11.1 Å². The summed E-state index contributed by atoms with van der Waals surface area (Å²) in [6, 6.07) is 30.7. The molecule has 0 bridgehead atoms. The summed E-state index contributed by atoms with van der Waals surface area (Å²) in [7, 11) is 0. The van der Waals surface area contributed by atoms with Crippen LogP contribution in [0.1, 0.15) is 22.3 Å². The molecule has 0 atom stereocenters. The maximum atomic E-state index is 2.44. The number of hydrogen-bond donors (Lipinski definition) is 0. The largest absolute Gasteiger partial charge is 0.0622 e. The van der Waals surface area contributed by atoms with Gasteiger partial charge in [-0.15, -0.1) is 0 Å². The van der Waals surface area contributed by atoms with Crippen molar-refractivity contribution < 1.29 is 0 Å². The SMILES string of the molecule is Cc1ccc(-c2cccc3ccccc23)c2c1CC(Cc1ccccc1)=C2. The highest BCUT2D eigenvalue weighted by Crippen LogP contribution is 2.39. The molecule has 4 aromatic carbocycles. The van der Waals surface area contributed by atoms with Gasteiger partial charge in [0.15, 0.2) is 0 Å². The van der Waals surface area contributed by atoms with E-state index in [-0.39, 0.29) is 0 Å². The summed E-state index contributed by atoms with van der Waals surface area (Å²) in [6.45, 7) is 2.24. The van der Waals surface area contributed by atoms with Crippen molar-refractivity contribution in [2.24, 2.45) is 0 Å². The van der Waals surface area contributed by atoms with Crippen LogP contribution in [0.3, 0.4) is 0 Å². The van der Waals surface area contributed by atoms with Crippen molar-refractivity contribution in [1.29, 1.82) is 0 Å². The zero-order valence-corrected chi connectivity index (χ0v) is 15.6. The second kappa shape index (κ2) is 6.55. The third kappa shape index (κ3) is 2.88. The van der Waals surface area contributed by atoms with Crippen molar-refractivity contribution in [1.82, 2.24) is 0 Å². The van der Waals surface area contributed by atoms with E-state index in [1.807, 2.05) is 0 Å². The highest BCUT2D eigenvalue weighted by atomic mass is 14.2. The monoisotopic (exact) mass is 346 g/mol. The third-order valence-electron chi connectivity index (χ3n) is 5.70. The van der Waals surface area contributed by atoms with E-state index in [2.05, 4.69) is 97.9 Å². The first-order chi connectivity index (χ1) is 13.3. The fourth-order valence-electron chi connectivity index (χ4n) is 4.32. The van der Waals surface area contributed by atoms with Crippen LogP contribution in [0.2, 0.25) is 0 Å². The first-order valence-corrected chi connectivity index (χ1v) is 9.63. The Balaban J connectivity index is 1.63. The first-order valence-electron chi connectivity index (χ1n) is 9.63. The number of fused-ring (bicyclic) bond motifs is 2. The lowest BCUT2D eigenvalue weighted by Crippen LogP contribution is -1.94. The normalized spacial score (nSPS) is 12.9. The van der Waals surface area contributed by atoms with Gasteiger partial charge in [-0.1, -0.05) is 96.6 Å². The molecule has 0 heterocycles. The predicted molar refractivity (Wildman–Crippen MR) is 116 cm³/mol. The molecule has 0 fully saturated rings. The van der Waals surface area contributed by atoms with Gasteiger partial charge in [-0.2, -0.15) is 0 Å². The molecule has 130 valence electrons. The summed E-state index contributed by atoms with van der Waals surface area (Å²) >= 11 is 0. The van der Waals surface area contributed by atoms with E-state index in [4.69, 9.17) is 0 Å². The predicted octanol–water partition coefficient (Wildman–Crippen LogP) is 7.00. The Morgan fingerprint density at radius 3 is 2.37 bits per heavy atom. The van der Waals surface area contributed by atoms with Gasteiger partial charge in [-0.05, 0) is 63.9 Å². The standard InChI is InChI=1S/C27H22/c1-19-14-15-25(24-13-7-11-22-10-5-6-12-23(22)24)27-18-21(17-26(19)27)16-20-8-3-2-4-9-20/h2-15,18H,16-17H2,1H3. The molecule has 0 spiro atoms. The van der Waals surface area contributed by atoms with E-state index in [1.165, 1.54) is 49.7 Å². The molecule has 0 heteroatoms. The molecule has 0 unspecified atom stereocenters. The van der Waals surface area contributed by atoms with Gasteiger partial charge in [0.05, 0.1) is 0 Å². The fourth-order valence-corrected chi connectivity index (χ4v) is 4.32. The average molecular weight is 346 g/mol. The van der Waals surface area contributed by atoms with Gasteiger partial charge >= 0.3 is 0 Å². The van der Waals surface area contributed by atoms with Crippen LogP contribution in [0.25, 0.3) is 28.0 Å².